The number of hydrogen-bond donors (Lipinski definition) is 1. The third-order valence-corrected chi connectivity index (χ3v) is 4.51. The third-order valence-electron chi connectivity index (χ3n) is 4.51. The minimum Gasteiger partial charge on any atom is -0.424 e. The van der Waals surface area contributed by atoms with Gasteiger partial charge in [0.2, 0.25) is 0 Å². The predicted molar refractivity (Wildman–Crippen MR) is 92.5 cm³/mol. The highest BCUT2D eigenvalue weighted by Crippen LogP contribution is 2.26. The van der Waals surface area contributed by atoms with E-state index in [4.69, 9.17) is 4.42 Å². The molecule has 0 radical (unpaired) electrons. The summed E-state index contributed by atoms with van der Waals surface area (Å²) in [7, 11) is 0. The van der Waals surface area contributed by atoms with Gasteiger partial charge in [-0.05, 0) is 43.6 Å². The van der Waals surface area contributed by atoms with Gasteiger partial charge in [0.05, 0.1) is 6.04 Å². The number of hydrogen-bond acceptors (Lipinski definition) is 4. The molecule has 0 unspecified atom stereocenters. The van der Waals surface area contributed by atoms with Crippen LogP contribution in [0, 0.1) is 0 Å². The van der Waals surface area contributed by atoms with Crippen LogP contribution in [-0.2, 0) is 0 Å². The molecule has 118 valence electrons. The molecule has 23 heavy (non-hydrogen) atoms. The Labute approximate surface area is 136 Å². The smallest absolute Gasteiger partial charge is 0.295 e. The summed E-state index contributed by atoms with van der Waals surface area (Å²) in [5, 5.41) is 3.39. The van der Waals surface area contributed by atoms with Gasteiger partial charge >= 0.3 is 0 Å². The van der Waals surface area contributed by atoms with E-state index < -0.39 is 0 Å². The summed E-state index contributed by atoms with van der Waals surface area (Å²) >= 11 is 0. The first-order chi connectivity index (χ1) is 11.4. The Balaban J connectivity index is 1.53. The van der Waals surface area contributed by atoms with Gasteiger partial charge in [0, 0.05) is 6.54 Å². The van der Waals surface area contributed by atoms with E-state index in [0.29, 0.717) is 12.1 Å². The summed E-state index contributed by atoms with van der Waals surface area (Å²) in [6, 6.07) is 19.5. The minimum atomic E-state index is 0.355. The second kappa shape index (κ2) is 6.42. The number of benzene rings is 2. The molecule has 0 bridgehead atoms. The van der Waals surface area contributed by atoms with E-state index in [0.717, 1.165) is 30.7 Å². The first kappa shape index (κ1) is 14.3. The fourth-order valence-electron chi connectivity index (χ4n) is 3.32. The molecule has 2 heterocycles. The summed E-state index contributed by atoms with van der Waals surface area (Å²) < 4.78 is 5.78. The van der Waals surface area contributed by atoms with Crippen molar-refractivity contribution in [2.24, 2.45) is 0 Å². The van der Waals surface area contributed by atoms with Crippen molar-refractivity contribution in [2.45, 2.75) is 18.9 Å². The second-order valence-electron chi connectivity index (χ2n) is 6.04. The van der Waals surface area contributed by atoms with Gasteiger partial charge in [-0.2, -0.15) is 4.98 Å². The monoisotopic (exact) mass is 307 g/mol. The Kier molecular flexibility index (Phi) is 3.99. The molecule has 0 saturated carbocycles. The summed E-state index contributed by atoms with van der Waals surface area (Å²) in [6.07, 6.45) is 2.57. The molecule has 2 aromatic carbocycles. The fraction of sp³-hybridized carbons (Fsp3) is 0.316. The van der Waals surface area contributed by atoms with Gasteiger partial charge in [-0.15, -0.1) is 0 Å². The SMILES string of the molecule is c1ccc([C@@H](CNc2nc3ccccc3o2)N2CCCC2)cc1. The average Bonchev–Trinajstić information content (AvgIpc) is 3.25. The molecule has 3 aromatic rings. The number of oxazole rings is 1. The zero-order chi connectivity index (χ0) is 15.5. The van der Waals surface area contributed by atoms with Gasteiger partial charge in [0.15, 0.2) is 5.58 Å². The first-order valence-electron chi connectivity index (χ1n) is 8.28. The second-order valence-corrected chi connectivity index (χ2v) is 6.04. The minimum absolute atomic E-state index is 0.355. The molecule has 1 aliphatic heterocycles. The van der Waals surface area contributed by atoms with Crippen LogP contribution in [0.3, 0.4) is 0 Å². The van der Waals surface area contributed by atoms with Gasteiger partial charge in [-0.25, -0.2) is 0 Å². The zero-order valence-electron chi connectivity index (χ0n) is 13.1. The number of likely N-dealkylation sites (tertiary alicyclic amines) is 1. The third kappa shape index (κ3) is 3.08. The van der Waals surface area contributed by atoms with E-state index in [1.54, 1.807) is 0 Å². The number of nitrogens with one attached hydrogen (secondary N) is 1. The van der Waals surface area contributed by atoms with Gasteiger partial charge in [-0.3, -0.25) is 4.90 Å². The zero-order valence-corrected chi connectivity index (χ0v) is 13.1. The number of fused-ring (bicyclic) bond motifs is 1. The fourth-order valence-corrected chi connectivity index (χ4v) is 3.32. The standard InChI is InChI=1S/C19H21N3O/c1-2-8-15(9-3-1)17(22-12-6-7-13-22)14-20-19-21-16-10-4-5-11-18(16)23-19/h1-5,8-11,17H,6-7,12-14H2,(H,20,21)/t17-/m1/s1. The lowest BCUT2D eigenvalue weighted by atomic mass is 10.1. The number of aromatic nitrogens is 1. The predicted octanol–water partition coefficient (Wildman–Crippen LogP) is 4.08. The number of anilines is 1. The highest BCUT2D eigenvalue weighted by Gasteiger charge is 2.23. The van der Waals surface area contributed by atoms with Crippen LogP contribution in [-0.4, -0.2) is 29.5 Å². The molecule has 1 aromatic heterocycles. The van der Waals surface area contributed by atoms with Crippen molar-refractivity contribution in [3.63, 3.8) is 0 Å². The largest absolute Gasteiger partial charge is 0.424 e. The number of rotatable bonds is 5. The molecule has 1 N–H and O–H groups in total. The molecule has 0 amide bonds. The van der Waals surface area contributed by atoms with E-state index in [1.165, 1.54) is 18.4 Å². The van der Waals surface area contributed by atoms with Crippen LogP contribution >= 0.6 is 0 Å². The highest BCUT2D eigenvalue weighted by molar-refractivity contribution is 5.74. The maximum Gasteiger partial charge on any atom is 0.295 e. The van der Waals surface area contributed by atoms with E-state index in [2.05, 4.69) is 45.5 Å². The van der Waals surface area contributed by atoms with Crippen LogP contribution in [0.1, 0.15) is 24.4 Å². The molecule has 4 heteroatoms. The van der Waals surface area contributed by atoms with Crippen LogP contribution in [0.15, 0.2) is 59.0 Å². The lowest BCUT2D eigenvalue weighted by molar-refractivity contribution is 0.255. The van der Waals surface area contributed by atoms with Crippen LogP contribution in [0.4, 0.5) is 6.01 Å². The Hall–Kier alpha value is -2.33. The summed E-state index contributed by atoms with van der Waals surface area (Å²) in [5.41, 5.74) is 3.07. The first-order valence-corrected chi connectivity index (χ1v) is 8.28. The van der Waals surface area contributed by atoms with Crippen molar-refractivity contribution in [3.05, 3.63) is 60.2 Å². The topological polar surface area (TPSA) is 41.3 Å². The summed E-state index contributed by atoms with van der Waals surface area (Å²) in [5.74, 6) is 0. The number of para-hydroxylation sites is 2. The van der Waals surface area contributed by atoms with Crippen LogP contribution in [0.25, 0.3) is 11.1 Å². The molecule has 1 fully saturated rings. The molecular weight excluding hydrogens is 286 g/mol. The normalized spacial score (nSPS) is 16.7. The van der Waals surface area contributed by atoms with E-state index in [-0.39, 0.29) is 0 Å². The summed E-state index contributed by atoms with van der Waals surface area (Å²) in [4.78, 5) is 7.06. The Morgan fingerprint density at radius 1 is 1.00 bits per heavy atom. The van der Waals surface area contributed by atoms with Crippen molar-refractivity contribution in [1.82, 2.24) is 9.88 Å². The molecule has 4 rings (SSSR count). The van der Waals surface area contributed by atoms with Crippen molar-refractivity contribution in [2.75, 3.05) is 25.0 Å². The molecule has 1 saturated heterocycles. The van der Waals surface area contributed by atoms with Crippen molar-refractivity contribution in [1.29, 1.82) is 0 Å². The molecule has 0 aliphatic carbocycles. The average molecular weight is 307 g/mol. The maximum absolute atomic E-state index is 5.78. The molecule has 4 nitrogen and oxygen atoms in total. The van der Waals surface area contributed by atoms with Gasteiger partial charge in [0.1, 0.15) is 5.52 Å². The molecular formula is C19H21N3O. The Bertz CT molecular complexity index is 729. The van der Waals surface area contributed by atoms with Crippen molar-refractivity contribution >= 4 is 17.1 Å². The lowest BCUT2D eigenvalue weighted by Crippen LogP contribution is -2.31. The van der Waals surface area contributed by atoms with Gasteiger partial charge < -0.3 is 9.73 Å². The van der Waals surface area contributed by atoms with Crippen LogP contribution in [0.5, 0.6) is 0 Å². The van der Waals surface area contributed by atoms with Crippen LogP contribution < -0.4 is 5.32 Å². The van der Waals surface area contributed by atoms with Gasteiger partial charge in [0.25, 0.3) is 6.01 Å². The quantitative estimate of drug-likeness (QED) is 0.771. The Morgan fingerprint density at radius 3 is 2.52 bits per heavy atom. The lowest BCUT2D eigenvalue weighted by Gasteiger charge is -2.27. The van der Waals surface area contributed by atoms with E-state index in [9.17, 15) is 0 Å². The molecule has 0 spiro atoms. The maximum atomic E-state index is 5.78. The van der Waals surface area contributed by atoms with E-state index in [1.807, 2.05) is 24.3 Å². The molecule has 1 aliphatic rings. The van der Waals surface area contributed by atoms with E-state index >= 15 is 0 Å². The van der Waals surface area contributed by atoms with Crippen molar-refractivity contribution < 1.29 is 4.42 Å². The van der Waals surface area contributed by atoms with Crippen LogP contribution in [0.2, 0.25) is 0 Å². The Morgan fingerprint density at radius 2 is 1.74 bits per heavy atom. The highest BCUT2D eigenvalue weighted by atomic mass is 16.4. The molecule has 1 atom stereocenters. The van der Waals surface area contributed by atoms with Gasteiger partial charge in [-0.1, -0.05) is 42.5 Å². The van der Waals surface area contributed by atoms with Crippen molar-refractivity contribution in [3.8, 4) is 0 Å². The number of nitrogens with zero attached hydrogens (tertiary/aromatic N) is 2. The summed E-state index contributed by atoms with van der Waals surface area (Å²) in [6.45, 7) is 3.13.